The van der Waals surface area contributed by atoms with Crippen molar-refractivity contribution in [2.45, 2.75) is 20.3 Å². The zero-order valence-corrected chi connectivity index (χ0v) is 22.0. The summed E-state index contributed by atoms with van der Waals surface area (Å²) in [5, 5.41) is 5.07. The summed E-state index contributed by atoms with van der Waals surface area (Å²) < 4.78 is 21.1. The number of aromatic amines is 1. The maximum absolute atomic E-state index is 14.0. The molecule has 0 saturated carbocycles. The number of para-hydroxylation sites is 1. The highest BCUT2D eigenvalue weighted by atomic mass is 19.1. The molecule has 3 N–H and O–H groups in total. The number of hydrogen-bond acceptors (Lipinski definition) is 6. The number of nitrogens with two attached hydrogens (primary N) is 1. The van der Waals surface area contributed by atoms with E-state index in [1.54, 1.807) is 55.5 Å². The first-order valence-corrected chi connectivity index (χ1v) is 12.6. The minimum atomic E-state index is -0.589. The van der Waals surface area contributed by atoms with Crippen molar-refractivity contribution < 1.29 is 23.5 Å². The van der Waals surface area contributed by atoms with Crippen molar-refractivity contribution in [3.8, 4) is 29.0 Å². The smallest absolute Gasteiger partial charge is 0.309 e. The van der Waals surface area contributed by atoms with Crippen LogP contribution in [-0.4, -0.2) is 32.4 Å². The average Bonchev–Trinajstić information content (AvgIpc) is 3.53. The lowest BCUT2D eigenvalue weighted by Crippen LogP contribution is -2.38. The topological polar surface area (TPSA) is 123 Å². The van der Waals surface area contributed by atoms with E-state index in [0.29, 0.717) is 28.2 Å². The van der Waals surface area contributed by atoms with Gasteiger partial charge in [0.15, 0.2) is 11.6 Å². The standard InChI is InChI=1S/C31H22FN5O4/c1-17-12-19-14-24(35-23(19)15-26(17)36-28(38)8-5-9-29(36)39)30(40)21-16-34-37(31(21)33)25-11-10-20(13-18(25)2)41-27-7-4-3-6-22(27)32/h3-4,6-7,10-16,35H,8,33H2,1-2H3. The Hall–Kier alpha value is -5.69. The van der Waals surface area contributed by atoms with Crippen molar-refractivity contribution in [1.29, 1.82) is 0 Å². The maximum atomic E-state index is 14.0. The lowest BCUT2D eigenvalue weighted by molar-refractivity contribution is -0.123. The fourth-order valence-electron chi connectivity index (χ4n) is 4.79. The minimum Gasteiger partial charge on any atom is -0.454 e. The molecule has 0 bridgehead atoms. The Labute approximate surface area is 233 Å². The third kappa shape index (κ3) is 4.49. The zero-order chi connectivity index (χ0) is 28.8. The Morgan fingerprint density at radius 1 is 1.05 bits per heavy atom. The number of carbonyl (C=O) groups excluding carboxylic acids is 3. The van der Waals surface area contributed by atoms with Crippen molar-refractivity contribution in [3.63, 3.8) is 0 Å². The van der Waals surface area contributed by atoms with Crippen LogP contribution < -0.4 is 15.4 Å². The van der Waals surface area contributed by atoms with Gasteiger partial charge in [0, 0.05) is 10.9 Å². The van der Waals surface area contributed by atoms with E-state index < -0.39 is 17.6 Å². The monoisotopic (exact) mass is 547 g/mol. The van der Waals surface area contributed by atoms with Crippen LogP contribution in [0.4, 0.5) is 15.9 Å². The lowest BCUT2D eigenvalue weighted by atomic mass is 10.1. The number of hydrogen-bond donors (Lipinski definition) is 2. The SMILES string of the molecule is Cc1cc2cc(C(=O)c3cnn(-c4ccc(Oc5ccccc5F)cc4C)c3N)[nH]c2cc1N1C(=O)C#CCC1=O. The summed E-state index contributed by atoms with van der Waals surface area (Å²) in [5.74, 6) is 3.80. The van der Waals surface area contributed by atoms with E-state index in [0.717, 1.165) is 15.8 Å². The Morgan fingerprint density at radius 2 is 1.83 bits per heavy atom. The highest BCUT2D eigenvalue weighted by Gasteiger charge is 2.27. The summed E-state index contributed by atoms with van der Waals surface area (Å²) in [5.41, 5.74) is 9.88. The molecule has 202 valence electrons. The third-order valence-corrected chi connectivity index (χ3v) is 6.82. The van der Waals surface area contributed by atoms with Crippen LogP contribution in [-0.2, 0) is 9.59 Å². The van der Waals surface area contributed by atoms with Gasteiger partial charge >= 0.3 is 5.91 Å². The third-order valence-electron chi connectivity index (χ3n) is 6.82. The number of halogens is 1. The van der Waals surface area contributed by atoms with E-state index in [2.05, 4.69) is 21.9 Å². The van der Waals surface area contributed by atoms with Crippen molar-refractivity contribution >= 4 is 40.0 Å². The van der Waals surface area contributed by atoms with E-state index in [1.807, 2.05) is 6.92 Å². The number of imide groups is 1. The van der Waals surface area contributed by atoms with Crippen LogP contribution in [0.1, 0.15) is 33.6 Å². The second-order valence-corrected chi connectivity index (χ2v) is 9.59. The van der Waals surface area contributed by atoms with Gasteiger partial charge in [-0.1, -0.05) is 18.1 Å². The molecule has 1 aliphatic heterocycles. The summed E-state index contributed by atoms with van der Waals surface area (Å²) >= 11 is 0. The number of aromatic nitrogens is 3. The number of rotatable bonds is 6. The molecule has 0 saturated heterocycles. The summed E-state index contributed by atoms with van der Waals surface area (Å²) in [6.07, 6.45) is 1.36. The molecular formula is C31H22FN5O4. The molecule has 0 aliphatic carbocycles. The van der Waals surface area contributed by atoms with Gasteiger partial charge in [0.25, 0.3) is 0 Å². The highest BCUT2D eigenvalue weighted by molar-refractivity contribution is 6.24. The van der Waals surface area contributed by atoms with Crippen LogP contribution in [0, 0.1) is 31.5 Å². The molecule has 0 spiro atoms. The molecule has 1 aliphatic rings. The van der Waals surface area contributed by atoms with Gasteiger partial charge in [0.1, 0.15) is 11.6 Å². The van der Waals surface area contributed by atoms with Crippen molar-refractivity contribution in [3.05, 3.63) is 95.1 Å². The van der Waals surface area contributed by atoms with E-state index in [9.17, 15) is 18.8 Å². The maximum Gasteiger partial charge on any atom is 0.309 e. The van der Waals surface area contributed by atoms with Gasteiger partial charge in [-0.3, -0.25) is 14.4 Å². The molecule has 5 aromatic rings. The molecular weight excluding hydrogens is 525 g/mol. The molecule has 0 unspecified atom stereocenters. The normalized spacial score (nSPS) is 12.9. The van der Waals surface area contributed by atoms with Crippen LogP contribution in [0.3, 0.4) is 0 Å². The number of ether oxygens (including phenoxy) is 1. The fourth-order valence-corrected chi connectivity index (χ4v) is 4.79. The summed E-state index contributed by atoms with van der Waals surface area (Å²) in [6, 6.07) is 16.4. The van der Waals surface area contributed by atoms with Crippen LogP contribution in [0.5, 0.6) is 11.5 Å². The highest BCUT2D eigenvalue weighted by Crippen LogP contribution is 2.31. The van der Waals surface area contributed by atoms with E-state index in [-0.39, 0.29) is 35.0 Å². The Kier molecular flexibility index (Phi) is 6.12. The zero-order valence-electron chi connectivity index (χ0n) is 22.0. The Morgan fingerprint density at radius 3 is 2.59 bits per heavy atom. The van der Waals surface area contributed by atoms with Crippen molar-refractivity contribution in [2.75, 3.05) is 10.6 Å². The van der Waals surface area contributed by atoms with Crippen LogP contribution >= 0.6 is 0 Å². The molecule has 6 rings (SSSR count). The van der Waals surface area contributed by atoms with Gasteiger partial charge in [-0.15, -0.1) is 0 Å². The number of benzene rings is 3. The van der Waals surface area contributed by atoms with Crippen LogP contribution in [0.25, 0.3) is 16.6 Å². The Balaban J connectivity index is 1.29. The first-order valence-electron chi connectivity index (χ1n) is 12.6. The summed E-state index contributed by atoms with van der Waals surface area (Å²) in [7, 11) is 0. The molecule has 0 atom stereocenters. The second-order valence-electron chi connectivity index (χ2n) is 9.59. The first kappa shape index (κ1) is 25.6. The number of carbonyl (C=O) groups is 3. The van der Waals surface area contributed by atoms with Gasteiger partial charge in [-0.2, -0.15) is 5.10 Å². The number of fused-ring (bicyclic) bond motifs is 1. The van der Waals surface area contributed by atoms with Crippen LogP contribution in [0.15, 0.2) is 66.9 Å². The fraction of sp³-hybridized carbons (Fsp3) is 0.0968. The van der Waals surface area contributed by atoms with Crippen LogP contribution in [0.2, 0.25) is 0 Å². The predicted molar refractivity (Wildman–Crippen MR) is 151 cm³/mol. The summed E-state index contributed by atoms with van der Waals surface area (Å²) in [4.78, 5) is 42.3. The van der Waals surface area contributed by atoms with Gasteiger partial charge in [-0.05, 0) is 79.4 Å². The molecule has 10 heteroatoms. The molecule has 2 amide bonds. The number of H-pyrrole nitrogens is 1. The predicted octanol–water partition coefficient (Wildman–Crippen LogP) is 4.98. The lowest BCUT2D eigenvalue weighted by Gasteiger charge is -2.21. The number of ketones is 1. The molecule has 0 fully saturated rings. The largest absolute Gasteiger partial charge is 0.454 e. The molecule has 0 radical (unpaired) electrons. The molecule has 41 heavy (non-hydrogen) atoms. The average molecular weight is 548 g/mol. The van der Waals surface area contributed by atoms with E-state index in [4.69, 9.17) is 10.5 Å². The van der Waals surface area contributed by atoms with Crippen molar-refractivity contribution in [2.24, 2.45) is 0 Å². The Bertz CT molecular complexity index is 1980. The van der Waals surface area contributed by atoms with Gasteiger partial charge in [0.2, 0.25) is 11.7 Å². The number of nitrogens with one attached hydrogen (secondary N) is 1. The van der Waals surface area contributed by atoms with Crippen molar-refractivity contribution in [1.82, 2.24) is 14.8 Å². The number of anilines is 2. The van der Waals surface area contributed by atoms with Gasteiger partial charge < -0.3 is 15.5 Å². The molecule has 3 heterocycles. The molecule has 2 aromatic heterocycles. The van der Waals surface area contributed by atoms with Gasteiger partial charge in [-0.25, -0.2) is 14.0 Å². The number of nitrogen functional groups attached to an aromatic ring is 1. The summed E-state index contributed by atoms with van der Waals surface area (Å²) in [6.45, 7) is 3.61. The molecule has 3 aromatic carbocycles. The van der Waals surface area contributed by atoms with E-state index >= 15 is 0 Å². The van der Waals surface area contributed by atoms with E-state index in [1.165, 1.54) is 23.0 Å². The quantitative estimate of drug-likeness (QED) is 0.176. The number of nitrogens with zero attached hydrogens (tertiary/aromatic N) is 3. The number of aryl methyl sites for hydroxylation is 2. The number of amides is 2. The minimum absolute atomic E-state index is 0.0399. The second kappa shape index (κ2) is 9.81. The van der Waals surface area contributed by atoms with Gasteiger partial charge in [0.05, 0.1) is 35.2 Å². The molecule has 9 nitrogen and oxygen atoms in total. The first-order chi connectivity index (χ1) is 19.7.